The van der Waals surface area contributed by atoms with E-state index >= 15 is 0 Å². The SMILES string of the molecule is CC(C)(N)C(=O)NCC(=O)N1CCN(Cc2ccccc2)CC1. The minimum atomic E-state index is -0.964. The first-order chi connectivity index (χ1) is 10.9. The lowest BCUT2D eigenvalue weighted by Gasteiger charge is -2.35. The minimum absolute atomic E-state index is 0.0121. The molecule has 3 N–H and O–H groups in total. The molecule has 1 fully saturated rings. The number of carbonyl (C=O) groups is 2. The maximum atomic E-state index is 12.1. The van der Waals surface area contributed by atoms with E-state index in [9.17, 15) is 9.59 Å². The Morgan fingerprint density at radius 3 is 2.30 bits per heavy atom. The van der Waals surface area contributed by atoms with Gasteiger partial charge in [-0.05, 0) is 19.4 Å². The summed E-state index contributed by atoms with van der Waals surface area (Å²) >= 11 is 0. The normalized spacial score (nSPS) is 16.2. The number of hydrogen-bond donors (Lipinski definition) is 2. The Morgan fingerprint density at radius 1 is 1.13 bits per heavy atom. The maximum absolute atomic E-state index is 12.1. The van der Waals surface area contributed by atoms with Gasteiger partial charge in [-0.1, -0.05) is 30.3 Å². The van der Waals surface area contributed by atoms with Crippen molar-refractivity contribution in [3.63, 3.8) is 0 Å². The average Bonchev–Trinajstić information content (AvgIpc) is 2.53. The summed E-state index contributed by atoms with van der Waals surface area (Å²) in [6, 6.07) is 10.3. The average molecular weight is 318 g/mol. The molecule has 6 nitrogen and oxygen atoms in total. The van der Waals surface area contributed by atoms with Gasteiger partial charge in [0.15, 0.2) is 0 Å². The molecule has 0 aromatic heterocycles. The van der Waals surface area contributed by atoms with Gasteiger partial charge in [0.2, 0.25) is 11.8 Å². The number of rotatable bonds is 5. The van der Waals surface area contributed by atoms with Crippen LogP contribution in [0.3, 0.4) is 0 Å². The van der Waals surface area contributed by atoms with Crippen LogP contribution in [0.4, 0.5) is 0 Å². The third kappa shape index (κ3) is 5.33. The molecule has 2 rings (SSSR count). The van der Waals surface area contributed by atoms with E-state index < -0.39 is 5.54 Å². The fourth-order valence-corrected chi connectivity index (χ4v) is 2.49. The molecule has 126 valence electrons. The Morgan fingerprint density at radius 2 is 1.74 bits per heavy atom. The fraction of sp³-hybridized carbons (Fsp3) is 0.529. The van der Waals surface area contributed by atoms with Gasteiger partial charge in [0.25, 0.3) is 0 Å². The van der Waals surface area contributed by atoms with Crippen LogP contribution in [0.1, 0.15) is 19.4 Å². The first kappa shape index (κ1) is 17.4. The van der Waals surface area contributed by atoms with Gasteiger partial charge in [-0.25, -0.2) is 0 Å². The lowest BCUT2D eigenvalue weighted by atomic mass is 10.1. The van der Waals surface area contributed by atoms with Crippen molar-refractivity contribution in [1.82, 2.24) is 15.1 Å². The number of nitrogens with zero attached hydrogens (tertiary/aromatic N) is 2. The molecule has 6 heteroatoms. The molecule has 0 radical (unpaired) electrons. The topological polar surface area (TPSA) is 78.7 Å². The van der Waals surface area contributed by atoms with Gasteiger partial charge in [0.1, 0.15) is 0 Å². The van der Waals surface area contributed by atoms with Crippen molar-refractivity contribution in [1.29, 1.82) is 0 Å². The van der Waals surface area contributed by atoms with Crippen LogP contribution in [0, 0.1) is 0 Å². The second-order valence-electron chi connectivity index (χ2n) is 6.55. The Bertz CT molecular complexity index is 531. The molecule has 0 atom stereocenters. The summed E-state index contributed by atoms with van der Waals surface area (Å²) in [6.45, 7) is 7.22. The molecule has 2 amide bonds. The molecule has 1 aromatic rings. The van der Waals surface area contributed by atoms with Crippen LogP contribution in [0.2, 0.25) is 0 Å². The van der Waals surface area contributed by atoms with Crippen molar-refractivity contribution >= 4 is 11.8 Å². The van der Waals surface area contributed by atoms with Gasteiger partial charge in [0, 0.05) is 32.7 Å². The molecule has 1 saturated heterocycles. The van der Waals surface area contributed by atoms with E-state index in [1.807, 2.05) is 18.2 Å². The van der Waals surface area contributed by atoms with Crippen LogP contribution >= 0.6 is 0 Å². The van der Waals surface area contributed by atoms with Crippen molar-refractivity contribution in [3.8, 4) is 0 Å². The summed E-state index contributed by atoms with van der Waals surface area (Å²) in [5.74, 6) is -0.365. The number of carbonyl (C=O) groups excluding carboxylic acids is 2. The van der Waals surface area contributed by atoms with Crippen LogP contribution in [0.25, 0.3) is 0 Å². The van der Waals surface area contributed by atoms with Crippen LogP contribution in [0.15, 0.2) is 30.3 Å². The number of nitrogens with two attached hydrogens (primary N) is 1. The summed E-state index contributed by atoms with van der Waals surface area (Å²) in [5, 5.41) is 2.60. The van der Waals surface area contributed by atoms with E-state index in [-0.39, 0.29) is 18.4 Å². The number of hydrogen-bond acceptors (Lipinski definition) is 4. The van der Waals surface area contributed by atoms with Crippen molar-refractivity contribution in [2.24, 2.45) is 5.73 Å². The molecular weight excluding hydrogens is 292 g/mol. The number of amides is 2. The minimum Gasteiger partial charge on any atom is -0.345 e. The highest BCUT2D eigenvalue weighted by atomic mass is 16.2. The van der Waals surface area contributed by atoms with E-state index in [0.717, 1.165) is 19.6 Å². The summed E-state index contributed by atoms with van der Waals surface area (Å²) in [5.41, 5.74) is 6.01. The number of nitrogens with one attached hydrogen (secondary N) is 1. The van der Waals surface area contributed by atoms with Crippen molar-refractivity contribution < 1.29 is 9.59 Å². The van der Waals surface area contributed by atoms with Crippen molar-refractivity contribution in [3.05, 3.63) is 35.9 Å². The van der Waals surface area contributed by atoms with Crippen LogP contribution in [-0.2, 0) is 16.1 Å². The summed E-state index contributed by atoms with van der Waals surface area (Å²) in [6.07, 6.45) is 0. The lowest BCUT2D eigenvalue weighted by molar-refractivity contribution is -0.135. The molecule has 0 spiro atoms. The van der Waals surface area contributed by atoms with Crippen molar-refractivity contribution in [2.75, 3.05) is 32.7 Å². The second kappa shape index (κ2) is 7.57. The van der Waals surface area contributed by atoms with E-state index in [0.29, 0.717) is 13.1 Å². The quantitative estimate of drug-likeness (QED) is 0.812. The highest BCUT2D eigenvalue weighted by Gasteiger charge is 2.25. The molecule has 1 heterocycles. The van der Waals surface area contributed by atoms with E-state index in [2.05, 4.69) is 22.3 Å². The second-order valence-corrected chi connectivity index (χ2v) is 6.55. The van der Waals surface area contributed by atoms with E-state index in [1.165, 1.54) is 5.56 Å². The number of piperazine rings is 1. The maximum Gasteiger partial charge on any atom is 0.242 e. The first-order valence-electron chi connectivity index (χ1n) is 7.97. The lowest BCUT2D eigenvalue weighted by Crippen LogP contribution is -2.54. The summed E-state index contributed by atoms with van der Waals surface area (Å²) in [4.78, 5) is 28.0. The van der Waals surface area contributed by atoms with Crippen LogP contribution < -0.4 is 11.1 Å². The van der Waals surface area contributed by atoms with Crippen LogP contribution in [-0.4, -0.2) is 59.9 Å². The zero-order valence-corrected chi connectivity index (χ0v) is 13.9. The predicted octanol–water partition coefficient (Wildman–Crippen LogP) is 0.184. The third-order valence-electron chi connectivity index (χ3n) is 3.96. The van der Waals surface area contributed by atoms with Crippen molar-refractivity contribution in [2.45, 2.75) is 25.9 Å². The largest absolute Gasteiger partial charge is 0.345 e. The molecule has 1 aliphatic heterocycles. The summed E-state index contributed by atoms with van der Waals surface area (Å²) < 4.78 is 0. The fourth-order valence-electron chi connectivity index (χ4n) is 2.49. The molecule has 23 heavy (non-hydrogen) atoms. The van der Waals surface area contributed by atoms with Gasteiger partial charge in [0.05, 0.1) is 12.1 Å². The molecule has 0 unspecified atom stereocenters. The highest BCUT2D eigenvalue weighted by molar-refractivity contribution is 5.89. The Kier molecular flexibility index (Phi) is 5.74. The Balaban J connectivity index is 1.73. The molecular formula is C17H26N4O2. The predicted molar refractivity (Wildman–Crippen MR) is 89.6 cm³/mol. The smallest absolute Gasteiger partial charge is 0.242 e. The standard InChI is InChI=1S/C17H26N4O2/c1-17(2,18)16(23)19-12-15(22)21-10-8-20(9-11-21)13-14-6-4-3-5-7-14/h3-7H,8-13,18H2,1-2H3,(H,19,23). The van der Waals surface area contributed by atoms with Gasteiger partial charge < -0.3 is 16.0 Å². The van der Waals surface area contributed by atoms with Crippen LogP contribution in [0.5, 0.6) is 0 Å². The molecule has 0 aliphatic carbocycles. The molecule has 0 bridgehead atoms. The van der Waals surface area contributed by atoms with E-state index in [1.54, 1.807) is 18.7 Å². The van der Waals surface area contributed by atoms with Gasteiger partial charge >= 0.3 is 0 Å². The Labute approximate surface area is 137 Å². The zero-order valence-electron chi connectivity index (χ0n) is 13.9. The monoisotopic (exact) mass is 318 g/mol. The van der Waals surface area contributed by atoms with Gasteiger partial charge in [-0.3, -0.25) is 14.5 Å². The summed E-state index contributed by atoms with van der Waals surface area (Å²) in [7, 11) is 0. The molecule has 0 saturated carbocycles. The van der Waals surface area contributed by atoms with E-state index in [4.69, 9.17) is 5.73 Å². The zero-order chi connectivity index (χ0) is 16.9. The number of benzene rings is 1. The highest BCUT2D eigenvalue weighted by Crippen LogP contribution is 2.08. The molecule has 1 aromatic carbocycles. The Hall–Kier alpha value is -1.92. The van der Waals surface area contributed by atoms with Gasteiger partial charge in [-0.2, -0.15) is 0 Å². The van der Waals surface area contributed by atoms with Gasteiger partial charge in [-0.15, -0.1) is 0 Å². The third-order valence-corrected chi connectivity index (χ3v) is 3.96. The first-order valence-corrected chi connectivity index (χ1v) is 7.97. The molecule has 1 aliphatic rings.